The zero-order valence-electron chi connectivity index (χ0n) is 24.0. The number of hydrogen-bond donors (Lipinski definition) is 6. The van der Waals surface area contributed by atoms with E-state index in [1.165, 1.54) is 14.2 Å². The van der Waals surface area contributed by atoms with Crippen molar-refractivity contribution in [2.75, 3.05) is 45.4 Å². The second-order valence-electron chi connectivity index (χ2n) is 9.23. The van der Waals surface area contributed by atoms with Gasteiger partial charge in [0.1, 0.15) is 18.2 Å². The van der Waals surface area contributed by atoms with E-state index in [1.807, 2.05) is 24.3 Å². The molecule has 14 nitrogen and oxygen atoms in total. The molecule has 2 aromatic rings. The molecule has 0 saturated carbocycles. The second-order valence-corrected chi connectivity index (χ2v) is 9.59. The first kappa shape index (κ1) is 33.9. The maximum Gasteiger partial charge on any atom is 0.307 e. The zero-order chi connectivity index (χ0) is 31.1. The van der Waals surface area contributed by atoms with Gasteiger partial charge in [0.2, 0.25) is 0 Å². The Labute approximate surface area is 249 Å². The zero-order valence-corrected chi connectivity index (χ0v) is 24.8. The number of esters is 2. The summed E-state index contributed by atoms with van der Waals surface area (Å²) >= 11 is 5.86. The molecule has 9 N–H and O–H groups in total. The minimum atomic E-state index is -0.616. The number of aryl methyl sites for hydroxylation is 1. The number of aromatic nitrogens is 2. The lowest BCUT2D eigenvalue weighted by Crippen LogP contribution is -2.36. The van der Waals surface area contributed by atoms with Crippen LogP contribution in [0.1, 0.15) is 48.7 Å². The maximum atomic E-state index is 12.6. The van der Waals surface area contributed by atoms with Gasteiger partial charge in [0.05, 0.1) is 27.1 Å². The number of carbonyl (C=O) groups is 3. The predicted molar refractivity (Wildman–Crippen MR) is 158 cm³/mol. The number of allylic oxidation sites excluding steroid dienone is 1. The molecular weight excluding hydrogens is 568 g/mol. The molecule has 1 heterocycles. The van der Waals surface area contributed by atoms with Crippen molar-refractivity contribution in [1.29, 1.82) is 0 Å². The monoisotopic (exact) mass is 606 g/mol. The van der Waals surface area contributed by atoms with Gasteiger partial charge in [-0.3, -0.25) is 14.4 Å². The molecule has 0 saturated heterocycles. The molecule has 0 bridgehead atoms. The summed E-state index contributed by atoms with van der Waals surface area (Å²) in [5.41, 5.74) is 18.6. The Hall–Kier alpha value is -4.30. The van der Waals surface area contributed by atoms with Crippen LogP contribution >= 0.6 is 11.6 Å². The molecular formula is C27H39ClN8O6. The molecule has 0 fully saturated rings. The molecule has 2 rings (SSSR count). The molecule has 0 spiro atoms. The van der Waals surface area contributed by atoms with Crippen molar-refractivity contribution in [2.24, 2.45) is 5.73 Å². The molecule has 0 unspecified atom stereocenters. The van der Waals surface area contributed by atoms with Crippen molar-refractivity contribution in [3.05, 3.63) is 52.2 Å². The van der Waals surface area contributed by atoms with E-state index in [0.29, 0.717) is 37.0 Å². The third kappa shape index (κ3) is 11.7. The Balaban J connectivity index is 1.72. The first-order valence-electron chi connectivity index (χ1n) is 13.2. The van der Waals surface area contributed by atoms with Gasteiger partial charge in [0.25, 0.3) is 5.91 Å². The van der Waals surface area contributed by atoms with E-state index >= 15 is 0 Å². The minimum absolute atomic E-state index is 0.0527. The van der Waals surface area contributed by atoms with E-state index in [9.17, 15) is 14.4 Å². The lowest BCUT2D eigenvalue weighted by molar-refractivity contribution is -0.143. The Morgan fingerprint density at radius 1 is 0.952 bits per heavy atom. The quantitative estimate of drug-likeness (QED) is 0.110. The molecule has 0 aliphatic carbocycles. The van der Waals surface area contributed by atoms with Crippen LogP contribution in [-0.4, -0.2) is 67.8 Å². The van der Waals surface area contributed by atoms with Gasteiger partial charge in [0, 0.05) is 24.8 Å². The summed E-state index contributed by atoms with van der Waals surface area (Å²) < 4.78 is 15.1. The number of nitrogens with one attached hydrogen (secondary N) is 3. The number of benzene rings is 1. The van der Waals surface area contributed by atoms with Crippen LogP contribution in [0.25, 0.3) is 0 Å². The lowest BCUT2D eigenvalue weighted by atomic mass is 10.1. The molecule has 1 aromatic heterocycles. The van der Waals surface area contributed by atoms with Crippen molar-refractivity contribution in [2.45, 2.75) is 45.1 Å². The van der Waals surface area contributed by atoms with Crippen LogP contribution < -0.4 is 37.9 Å². The molecule has 230 valence electrons. The number of nitrogens with two attached hydrogens (primary N) is 3. The number of unbranched alkanes of at least 4 members (excludes halogenated alkanes) is 1. The van der Waals surface area contributed by atoms with Crippen LogP contribution in [-0.2, 0) is 25.5 Å². The van der Waals surface area contributed by atoms with Gasteiger partial charge in [0.15, 0.2) is 22.5 Å². The highest BCUT2D eigenvalue weighted by atomic mass is 35.5. The van der Waals surface area contributed by atoms with Crippen LogP contribution in [0.2, 0.25) is 5.15 Å². The van der Waals surface area contributed by atoms with Crippen molar-refractivity contribution < 1.29 is 28.6 Å². The molecule has 0 radical (unpaired) electrons. The van der Waals surface area contributed by atoms with Crippen molar-refractivity contribution >= 4 is 41.1 Å². The Morgan fingerprint density at radius 2 is 1.60 bits per heavy atom. The van der Waals surface area contributed by atoms with E-state index in [1.54, 1.807) is 6.92 Å². The smallest absolute Gasteiger partial charge is 0.307 e. The number of methoxy groups -OCH3 is 2. The standard InChI is InChI=1S/C27H39ClN8O6/c1-16(29)26(36-27(39)22-24(30)35-25(31)23(28)34-22)33-11-5-4-6-17-7-9-19(10-8-17)42-13-12-32-18(14-20(37)40-2)15-21(38)41-3/h7-10,18,32-33H,4-6,11-15,29H2,1-3H3,(H,36,39)(H4,30,31,35)/b26-16-. The average molecular weight is 607 g/mol. The highest BCUT2D eigenvalue weighted by Crippen LogP contribution is 2.17. The van der Waals surface area contributed by atoms with Gasteiger partial charge in [-0.15, -0.1) is 0 Å². The fourth-order valence-electron chi connectivity index (χ4n) is 3.70. The van der Waals surface area contributed by atoms with Crippen molar-refractivity contribution in [1.82, 2.24) is 25.9 Å². The molecule has 42 heavy (non-hydrogen) atoms. The molecule has 1 aromatic carbocycles. The van der Waals surface area contributed by atoms with Gasteiger partial charge in [-0.05, 0) is 43.9 Å². The maximum absolute atomic E-state index is 12.6. The third-order valence-electron chi connectivity index (χ3n) is 5.96. The molecule has 0 aliphatic rings. The van der Waals surface area contributed by atoms with Gasteiger partial charge >= 0.3 is 11.9 Å². The molecule has 0 atom stereocenters. The number of ether oxygens (including phenoxy) is 3. The normalized spacial score (nSPS) is 11.5. The second kappa shape index (κ2) is 17.5. The number of nitrogens with zero attached hydrogens (tertiary/aromatic N) is 2. The fourth-order valence-corrected chi connectivity index (χ4v) is 3.83. The third-order valence-corrected chi connectivity index (χ3v) is 6.23. The van der Waals surface area contributed by atoms with E-state index in [2.05, 4.69) is 35.4 Å². The lowest BCUT2D eigenvalue weighted by Gasteiger charge is -2.17. The SMILES string of the molecule is COC(=O)CC(CC(=O)OC)NCCOc1ccc(CCCCN/C(NC(=O)c2nc(Cl)c(N)nc2N)=C(\C)N)cc1. The largest absolute Gasteiger partial charge is 0.492 e. The minimum Gasteiger partial charge on any atom is -0.492 e. The number of nitrogen functional groups attached to an aromatic ring is 2. The number of anilines is 2. The Kier molecular flexibility index (Phi) is 14.1. The van der Waals surface area contributed by atoms with E-state index < -0.39 is 23.9 Å². The fraction of sp³-hybridized carbons (Fsp3) is 0.444. The summed E-state index contributed by atoms with van der Waals surface area (Å²) in [5, 5.41) is 8.78. The summed E-state index contributed by atoms with van der Waals surface area (Å²) in [7, 11) is 2.60. The molecule has 0 aliphatic heterocycles. The molecule has 1 amide bonds. The number of hydrogen-bond acceptors (Lipinski definition) is 13. The topological polar surface area (TPSA) is 219 Å². The molecule has 15 heteroatoms. The van der Waals surface area contributed by atoms with Gasteiger partial charge in [-0.1, -0.05) is 23.7 Å². The highest BCUT2D eigenvalue weighted by Gasteiger charge is 2.19. The van der Waals surface area contributed by atoms with Crippen LogP contribution in [0.5, 0.6) is 5.75 Å². The Bertz CT molecular complexity index is 1220. The number of rotatable bonds is 17. The van der Waals surface area contributed by atoms with Gasteiger partial charge < -0.3 is 47.4 Å². The first-order valence-corrected chi connectivity index (χ1v) is 13.6. The number of carbonyl (C=O) groups excluding carboxylic acids is 3. The number of halogens is 1. The van der Waals surface area contributed by atoms with E-state index in [4.69, 9.17) is 33.5 Å². The summed E-state index contributed by atoms with van der Waals surface area (Å²) in [5.74, 6) is -0.606. The van der Waals surface area contributed by atoms with Gasteiger partial charge in [-0.2, -0.15) is 0 Å². The van der Waals surface area contributed by atoms with Crippen LogP contribution in [0.3, 0.4) is 0 Å². The van der Waals surface area contributed by atoms with E-state index in [-0.39, 0.29) is 35.3 Å². The predicted octanol–water partition coefficient (Wildman–Crippen LogP) is 1.25. The highest BCUT2D eigenvalue weighted by molar-refractivity contribution is 6.31. The summed E-state index contributed by atoms with van der Waals surface area (Å²) in [6.45, 7) is 2.99. The number of amides is 1. The van der Waals surface area contributed by atoms with Crippen molar-refractivity contribution in [3.8, 4) is 5.75 Å². The van der Waals surface area contributed by atoms with Crippen molar-refractivity contribution in [3.63, 3.8) is 0 Å². The summed E-state index contributed by atoms with van der Waals surface area (Å²) in [6, 6.07) is 7.36. The average Bonchev–Trinajstić information content (AvgIpc) is 2.96. The first-order chi connectivity index (χ1) is 20.0. The summed E-state index contributed by atoms with van der Waals surface area (Å²) in [4.78, 5) is 43.4. The summed E-state index contributed by atoms with van der Waals surface area (Å²) in [6.07, 6.45) is 2.64. The Morgan fingerprint density at radius 3 is 2.19 bits per heavy atom. The van der Waals surface area contributed by atoms with E-state index in [0.717, 1.165) is 24.8 Å². The van der Waals surface area contributed by atoms with Crippen LogP contribution in [0.15, 0.2) is 35.8 Å². The van der Waals surface area contributed by atoms with Crippen LogP contribution in [0, 0.1) is 0 Å². The van der Waals surface area contributed by atoms with Crippen LogP contribution in [0.4, 0.5) is 11.6 Å². The van der Waals surface area contributed by atoms with Gasteiger partial charge in [-0.25, -0.2) is 9.97 Å².